The average molecular weight is 279 g/mol. The monoisotopic (exact) mass is 279 g/mol. The van der Waals surface area contributed by atoms with Gasteiger partial charge in [0, 0.05) is 18.5 Å². The van der Waals surface area contributed by atoms with Gasteiger partial charge in [0.05, 0.1) is 12.0 Å². The van der Waals surface area contributed by atoms with E-state index in [2.05, 4.69) is 11.4 Å². The molecule has 104 valence electrons. The molecule has 1 N–H and O–H groups in total. The molecule has 1 aromatic rings. The van der Waals surface area contributed by atoms with E-state index in [0.29, 0.717) is 5.92 Å². The van der Waals surface area contributed by atoms with Crippen molar-refractivity contribution in [1.29, 1.82) is 0 Å². The van der Waals surface area contributed by atoms with Gasteiger partial charge in [-0.2, -0.15) is 0 Å². The Morgan fingerprint density at radius 3 is 3.05 bits per heavy atom. The van der Waals surface area contributed by atoms with Gasteiger partial charge in [-0.25, -0.2) is 0 Å². The number of aliphatic hydroxyl groups excluding tert-OH is 1. The minimum atomic E-state index is -0.133. The van der Waals surface area contributed by atoms with Gasteiger partial charge in [0.1, 0.15) is 0 Å². The molecule has 1 atom stereocenters. The molecule has 0 radical (unpaired) electrons. The van der Waals surface area contributed by atoms with E-state index in [1.807, 2.05) is 11.9 Å². The summed E-state index contributed by atoms with van der Waals surface area (Å²) in [5.74, 6) is 0.834. The van der Waals surface area contributed by atoms with Gasteiger partial charge in [-0.15, -0.1) is 11.3 Å². The maximum atomic E-state index is 12.6. The Kier molecular flexibility index (Phi) is 3.63. The highest BCUT2D eigenvalue weighted by Crippen LogP contribution is 2.36. The molecule has 0 saturated heterocycles. The standard InChI is InChI=1S/C15H21NO2S/c1-16(9-10-7-11(17)8-10)15(18)13-3-2-4-14-12(13)5-6-19-14/h5-6,10-11,13,17H,2-4,7-9H2,1H3. The van der Waals surface area contributed by atoms with E-state index in [4.69, 9.17) is 0 Å². The van der Waals surface area contributed by atoms with E-state index in [1.165, 1.54) is 10.4 Å². The average Bonchev–Trinajstić information content (AvgIpc) is 2.83. The molecule has 0 bridgehead atoms. The maximum absolute atomic E-state index is 12.6. The number of amides is 1. The maximum Gasteiger partial charge on any atom is 0.229 e. The van der Waals surface area contributed by atoms with E-state index in [0.717, 1.165) is 38.6 Å². The number of fused-ring (bicyclic) bond motifs is 1. The molecule has 0 spiro atoms. The first-order chi connectivity index (χ1) is 9.15. The third-order valence-corrected chi connectivity index (χ3v) is 5.47. The number of aliphatic hydroxyl groups is 1. The Balaban J connectivity index is 1.64. The zero-order chi connectivity index (χ0) is 13.4. The van der Waals surface area contributed by atoms with Crippen molar-refractivity contribution in [3.63, 3.8) is 0 Å². The third-order valence-electron chi connectivity index (χ3n) is 4.47. The van der Waals surface area contributed by atoms with Crippen LogP contribution in [-0.4, -0.2) is 35.6 Å². The summed E-state index contributed by atoms with van der Waals surface area (Å²) < 4.78 is 0. The van der Waals surface area contributed by atoms with Crippen molar-refractivity contribution in [2.45, 2.75) is 44.1 Å². The van der Waals surface area contributed by atoms with Crippen molar-refractivity contribution in [2.75, 3.05) is 13.6 Å². The summed E-state index contributed by atoms with van der Waals surface area (Å²) in [5, 5.41) is 11.4. The van der Waals surface area contributed by atoms with Crippen LogP contribution in [0.3, 0.4) is 0 Å². The number of nitrogens with zero attached hydrogens (tertiary/aromatic N) is 1. The van der Waals surface area contributed by atoms with Crippen molar-refractivity contribution in [3.8, 4) is 0 Å². The lowest BCUT2D eigenvalue weighted by Gasteiger charge is -2.36. The third kappa shape index (κ3) is 2.56. The summed E-state index contributed by atoms with van der Waals surface area (Å²) in [5.41, 5.74) is 1.27. The van der Waals surface area contributed by atoms with Crippen LogP contribution >= 0.6 is 11.3 Å². The van der Waals surface area contributed by atoms with E-state index in [9.17, 15) is 9.90 Å². The van der Waals surface area contributed by atoms with Crippen LogP contribution in [-0.2, 0) is 11.2 Å². The highest BCUT2D eigenvalue weighted by Gasteiger charge is 2.33. The highest BCUT2D eigenvalue weighted by molar-refractivity contribution is 7.10. The first-order valence-electron chi connectivity index (χ1n) is 7.14. The first-order valence-corrected chi connectivity index (χ1v) is 8.02. The van der Waals surface area contributed by atoms with Crippen LogP contribution in [0.15, 0.2) is 11.4 Å². The molecule has 3 rings (SSSR count). The Morgan fingerprint density at radius 1 is 1.53 bits per heavy atom. The van der Waals surface area contributed by atoms with Crippen molar-refractivity contribution >= 4 is 17.2 Å². The minimum Gasteiger partial charge on any atom is -0.393 e. The molecule has 1 amide bonds. The summed E-state index contributed by atoms with van der Waals surface area (Å²) in [4.78, 5) is 15.9. The highest BCUT2D eigenvalue weighted by atomic mass is 32.1. The van der Waals surface area contributed by atoms with E-state index < -0.39 is 0 Å². The summed E-state index contributed by atoms with van der Waals surface area (Å²) >= 11 is 1.78. The minimum absolute atomic E-state index is 0.0741. The molecule has 1 aromatic heterocycles. The summed E-state index contributed by atoms with van der Waals surface area (Å²) in [6, 6.07) is 2.13. The van der Waals surface area contributed by atoms with Gasteiger partial charge in [-0.3, -0.25) is 4.79 Å². The second-order valence-electron chi connectivity index (χ2n) is 5.95. The SMILES string of the molecule is CN(CC1CC(O)C1)C(=O)C1CCCc2sccc21. The normalized spacial score (nSPS) is 29.5. The molecule has 1 saturated carbocycles. The molecule has 1 fully saturated rings. The van der Waals surface area contributed by atoms with Crippen LogP contribution in [0.4, 0.5) is 0 Å². The van der Waals surface area contributed by atoms with Crippen molar-refractivity contribution in [1.82, 2.24) is 4.90 Å². The molecular weight excluding hydrogens is 258 g/mol. The van der Waals surface area contributed by atoms with Gasteiger partial charge in [-0.05, 0) is 55.0 Å². The molecule has 1 heterocycles. The Labute approximate surface area is 118 Å². The van der Waals surface area contributed by atoms with Gasteiger partial charge >= 0.3 is 0 Å². The predicted octanol–water partition coefficient (Wildman–Crippen LogP) is 2.40. The molecule has 0 aromatic carbocycles. The van der Waals surface area contributed by atoms with Gasteiger partial charge in [0.2, 0.25) is 5.91 Å². The van der Waals surface area contributed by atoms with E-state index in [-0.39, 0.29) is 17.9 Å². The molecule has 1 unspecified atom stereocenters. The molecule has 0 aliphatic heterocycles. The lowest BCUT2D eigenvalue weighted by Crippen LogP contribution is -2.41. The van der Waals surface area contributed by atoms with E-state index in [1.54, 1.807) is 11.3 Å². The van der Waals surface area contributed by atoms with E-state index >= 15 is 0 Å². The van der Waals surface area contributed by atoms with Crippen molar-refractivity contribution in [2.24, 2.45) is 5.92 Å². The lowest BCUT2D eigenvalue weighted by molar-refractivity contribution is -0.133. The summed E-state index contributed by atoms with van der Waals surface area (Å²) in [6.07, 6.45) is 4.82. The number of hydrogen-bond acceptors (Lipinski definition) is 3. The van der Waals surface area contributed by atoms with Crippen LogP contribution < -0.4 is 0 Å². The van der Waals surface area contributed by atoms with Gasteiger partial charge in [-0.1, -0.05) is 0 Å². The van der Waals surface area contributed by atoms with Crippen LogP contribution in [0, 0.1) is 5.92 Å². The van der Waals surface area contributed by atoms with Gasteiger partial charge < -0.3 is 10.0 Å². The molecular formula is C15H21NO2S. The number of thiophene rings is 1. The number of carbonyl (C=O) groups is 1. The topological polar surface area (TPSA) is 40.5 Å². The summed E-state index contributed by atoms with van der Waals surface area (Å²) in [7, 11) is 1.91. The van der Waals surface area contributed by atoms with Crippen LogP contribution in [0.5, 0.6) is 0 Å². The van der Waals surface area contributed by atoms with Crippen molar-refractivity contribution < 1.29 is 9.90 Å². The molecule has 2 aliphatic carbocycles. The molecule has 2 aliphatic rings. The molecule has 4 heteroatoms. The number of hydrogen-bond donors (Lipinski definition) is 1. The largest absolute Gasteiger partial charge is 0.393 e. The van der Waals surface area contributed by atoms with Crippen molar-refractivity contribution in [3.05, 3.63) is 21.9 Å². The fourth-order valence-corrected chi connectivity index (χ4v) is 4.32. The fraction of sp³-hybridized carbons (Fsp3) is 0.667. The number of likely N-dealkylation sites (N-methyl/N-ethyl adjacent to an activating group) is 1. The quantitative estimate of drug-likeness (QED) is 0.923. The smallest absolute Gasteiger partial charge is 0.229 e. The van der Waals surface area contributed by atoms with Gasteiger partial charge in [0.25, 0.3) is 0 Å². The fourth-order valence-electron chi connectivity index (χ4n) is 3.34. The molecule has 3 nitrogen and oxygen atoms in total. The Bertz CT molecular complexity index is 464. The number of rotatable bonds is 3. The number of carbonyl (C=O) groups excluding carboxylic acids is 1. The second-order valence-corrected chi connectivity index (χ2v) is 6.95. The summed E-state index contributed by atoms with van der Waals surface area (Å²) in [6.45, 7) is 0.797. The zero-order valence-electron chi connectivity index (χ0n) is 11.3. The Morgan fingerprint density at radius 2 is 2.32 bits per heavy atom. The second kappa shape index (κ2) is 5.25. The zero-order valence-corrected chi connectivity index (χ0v) is 12.2. The number of aryl methyl sites for hydroxylation is 1. The Hall–Kier alpha value is -0.870. The first kappa shape index (κ1) is 13.1. The lowest BCUT2D eigenvalue weighted by atomic mass is 9.81. The van der Waals surface area contributed by atoms with Crippen LogP contribution in [0.25, 0.3) is 0 Å². The predicted molar refractivity (Wildman–Crippen MR) is 76.4 cm³/mol. The van der Waals surface area contributed by atoms with Crippen LogP contribution in [0.2, 0.25) is 0 Å². The van der Waals surface area contributed by atoms with Crippen LogP contribution in [0.1, 0.15) is 42.0 Å². The molecule has 19 heavy (non-hydrogen) atoms. The van der Waals surface area contributed by atoms with Gasteiger partial charge in [0.15, 0.2) is 0 Å².